The number of anilines is 1. The average Bonchev–Trinajstić information content (AvgIpc) is 2.64. The lowest BCUT2D eigenvalue weighted by Gasteiger charge is -2.34. The van der Waals surface area contributed by atoms with Gasteiger partial charge in [0.05, 0.1) is 12.2 Å². The van der Waals surface area contributed by atoms with Crippen LogP contribution in [0.3, 0.4) is 0 Å². The molecule has 1 saturated heterocycles. The Morgan fingerprint density at radius 3 is 2.33 bits per heavy atom. The standard InChI is InChI=1S/C19H24N4O/c1-21(18-8-3-2-4-9-18)19(24)16-23-13-11-22(12-14-23)15-17-7-5-6-10-20-17/h2-10H,11-16H2,1H3. The minimum absolute atomic E-state index is 0.138. The molecule has 1 aromatic carbocycles. The molecule has 0 spiro atoms. The first-order valence-electron chi connectivity index (χ1n) is 8.38. The van der Waals surface area contributed by atoms with Gasteiger partial charge in [0.15, 0.2) is 0 Å². The molecule has 24 heavy (non-hydrogen) atoms. The van der Waals surface area contributed by atoms with Crippen molar-refractivity contribution in [3.63, 3.8) is 0 Å². The van der Waals surface area contributed by atoms with Crippen molar-refractivity contribution in [1.82, 2.24) is 14.8 Å². The van der Waals surface area contributed by atoms with Crippen molar-refractivity contribution in [1.29, 1.82) is 0 Å². The van der Waals surface area contributed by atoms with E-state index in [4.69, 9.17) is 0 Å². The summed E-state index contributed by atoms with van der Waals surface area (Å²) >= 11 is 0. The van der Waals surface area contributed by atoms with Crippen molar-refractivity contribution in [3.8, 4) is 0 Å². The molecule has 0 N–H and O–H groups in total. The summed E-state index contributed by atoms with van der Waals surface area (Å²) in [5.74, 6) is 0.138. The number of carbonyl (C=O) groups is 1. The third kappa shape index (κ3) is 4.40. The Morgan fingerprint density at radius 2 is 1.67 bits per heavy atom. The number of hydrogen-bond donors (Lipinski definition) is 0. The van der Waals surface area contributed by atoms with Gasteiger partial charge in [0, 0.05) is 51.7 Å². The number of likely N-dealkylation sites (N-methyl/N-ethyl adjacent to an activating group) is 1. The molecule has 0 radical (unpaired) electrons. The second-order valence-corrected chi connectivity index (χ2v) is 6.16. The zero-order chi connectivity index (χ0) is 16.8. The lowest BCUT2D eigenvalue weighted by molar-refractivity contribution is -0.119. The van der Waals surface area contributed by atoms with E-state index in [0.717, 1.165) is 44.1 Å². The zero-order valence-electron chi connectivity index (χ0n) is 14.1. The van der Waals surface area contributed by atoms with Crippen molar-refractivity contribution in [2.24, 2.45) is 0 Å². The Bertz CT molecular complexity index is 639. The summed E-state index contributed by atoms with van der Waals surface area (Å²) in [5, 5.41) is 0. The van der Waals surface area contributed by atoms with Crippen LogP contribution in [0.15, 0.2) is 54.7 Å². The highest BCUT2D eigenvalue weighted by Crippen LogP contribution is 2.12. The van der Waals surface area contributed by atoms with Crippen LogP contribution in [0.2, 0.25) is 0 Å². The van der Waals surface area contributed by atoms with Gasteiger partial charge >= 0.3 is 0 Å². The van der Waals surface area contributed by atoms with E-state index in [2.05, 4.69) is 20.9 Å². The number of benzene rings is 1. The summed E-state index contributed by atoms with van der Waals surface area (Å²) in [6, 6.07) is 15.8. The minimum Gasteiger partial charge on any atom is -0.314 e. The van der Waals surface area contributed by atoms with Crippen LogP contribution in [0.4, 0.5) is 5.69 Å². The van der Waals surface area contributed by atoms with E-state index in [-0.39, 0.29) is 5.91 Å². The van der Waals surface area contributed by atoms with Gasteiger partial charge in [-0.3, -0.25) is 19.6 Å². The predicted molar refractivity (Wildman–Crippen MR) is 95.8 cm³/mol. The molecular weight excluding hydrogens is 300 g/mol. The molecule has 0 saturated carbocycles. The molecule has 0 atom stereocenters. The Balaban J connectivity index is 1.46. The van der Waals surface area contributed by atoms with E-state index in [1.807, 2.05) is 55.7 Å². The van der Waals surface area contributed by atoms with E-state index in [1.165, 1.54) is 0 Å². The fraction of sp³-hybridized carbons (Fsp3) is 0.368. The average molecular weight is 324 g/mol. The second kappa shape index (κ2) is 8.04. The van der Waals surface area contributed by atoms with Crippen LogP contribution >= 0.6 is 0 Å². The van der Waals surface area contributed by atoms with Crippen LogP contribution in [0.25, 0.3) is 0 Å². The van der Waals surface area contributed by atoms with Crippen molar-refractivity contribution < 1.29 is 4.79 Å². The van der Waals surface area contributed by atoms with Crippen LogP contribution in [0, 0.1) is 0 Å². The maximum atomic E-state index is 12.4. The highest BCUT2D eigenvalue weighted by atomic mass is 16.2. The SMILES string of the molecule is CN(C(=O)CN1CCN(Cc2ccccn2)CC1)c1ccccc1. The predicted octanol–water partition coefficient (Wildman–Crippen LogP) is 1.86. The first kappa shape index (κ1) is 16.6. The summed E-state index contributed by atoms with van der Waals surface area (Å²) in [7, 11) is 1.84. The third-order valence-electron chi connectivity index (χ3n) is 4.45. The number of carbonyl (C=O) groups excluding carboxylic acids is 1. The zero-order valence-corrected chi connectivity index (χ0v) is 14.1. The monoisotopic (exact) mass is 324 g/mol. The number of nitrogens with zero attached hydrogens (tertiary/aromatic N) is 4. The first-order chi connectivity index (χ1) is 11.7. The van der Waals surface area contributed by atoms with Gasteiger partial charge in [-0.25, -0.2) is 0 Å². The molecule has 5 nitrogen and oxygen atoms in total. The molecule has 5 heteroatoms. The lowest BCUT2D eigenvalue weighted by atomic mass is 10.2. The number of piperazine rings is 1. The van der Waals surface area contributed by atoms with E-state index >= 15 is 0 Å². The van der Waals surface area contributed by atoms with E-state index in [9.17, 15) is 4.79 Å². The number of aromatic nitrogens is 1. The number of rotatable bonds is 5. The van der Waals surface area contributed by atoms with E-state index in [0.29, 0.717) is 6.54 Å². The second-order valence-electron chi connectivity index (χ2n) is 6.16. The lowest BCUT2D eigenvalue weighted by Crippen LogP contribution is -2.49. The Morgan fingerprint density at radius 1 is 1.00 bits per heavy atom. The van der Waals surface area contributed by atoms with Crippen molar-refractivity contribution in [3.05, 3.63) is 60.4 Å². The third-order valence-corrected chi connectivity index (χ3v) is 4.45. The van der Waals surface area contributed by atoms with Crippen molar-refractivity contribution in [2.45, 2.75) is 6.54 Å². The summed E-state index contributed by atoms with van der Waals surface area (Å²) in [4.78, 5) is 23.2. The smallest absolute Gasteiger partial charge is 0.240 e. The fourth-order valence-electron chi connectivity index (χ4n) is 2.92. The van der Waals surface area contributed by atoms with E-state index in [1.54, 1.807) is 4.90 Å². The molecule has 1 aliphatic heterocycles. The van der Waals surface area contributed by atoms with Gasteiger partial charge in [0.1, 0.15) is 0 Å². The molecule has 1 aliphatic rings. The Hall–Kier alpha value is -2.24. The van der Waals surface area contributed by atoms with Gasteiger partial charge in [0.25, 0.3) is 0 Å². The number of para-hydroxylation sites is 1. The van der Waals surface area contributed by atoms with Gasteiger partial charge in [-0.05, 0) is 24.3 Å². The largest absolute Gasteiger partial charge is 0.314 e. The maximum absolute atomic E-state index is 12.4. The molecule has 0 aliphatic carbocycles. The quantitative estimate of drug-likeness (QED) is 0.842. The van der Waals surface area contributed by atoms with Gasteiger partial charge in [-0.1, -0.05) is 24.3 Å². The molecule has 3 rings (SSSR count). The molecule has 2 aromatic rings. The number of amides is 1. The summed E-state index contributed by atoms with van der Waals surface area (Å²) < 4.78 is 0. The van der Waals surface area contributed by atoms with Crippen LogP contribution in [-0.4, -0.2) is 60.5 Å². The van der Waals surface area contributed by atoms with Gasteiger partial charge in [-0.2, -0.15) is 0 Å². The number of pyridine rings is 1. The molecule has 0 unspecified atom stereocenters. The van der Waals surface area contributed by atoms with Crippen LogP contribution in [0.1, 0.15) is 5.69 Å². The maximum Gasteiger partial charge on any atom is 0.240 e. The van der Waals surface area contributed by atoms with Gasteiger partial charge in [-0.15, -0.1) is 0 Å². The molecular formula is C19H24N4O. The molecule has 126 valence electrons. The molecule has 2 heterocycles. The molecule has 1 aromatic heterocycles. The topological polar surface area (TPSA) is 39.7 Å². The highest BCUT2D eigenvalue weighted by molar-refractivity contribution is 5.94. The summed E-state index contributed by atoms with van der Waals surface area (Å²) in [6.45, 7) is 5.13. The number of hydrogen-bond acceptors (Lipinski definition) is 4. The Labute approximate surface area is 143 Å². The van der Waals surface area contributed by atoms with Crippen molar-refractivity contribution in [2.75, 3.05) is 44.7 Å². The normalized spacial score (nSPS) is 16.0. The molecule has 1 fully saturated rings. The Kier molecular flexibility index (Phi) is 5.56. The fourth-order valence-corrected chi connectivity index (χ4v) is 2.92. The van der Waals surface area contributed by atoms with E-state index < -0.39 is 0 Å². The van der Waals surface area contributed by atoms with Gasteiger partial charge < -0.3 is 4.90 Å². The van der Waals surface area contributed by atoms with Crippen LogP contribution in [-0.2, 0) is 11.3 Å². The molecule has 0 bridgehead atoms. The van der Waals surface area contributed by atoms with Crippen LogP contribution in [0.5, 0.6) is 0 Å². The van der Waals surface area contributed by atoms with Crippen molar-refractivity contribution >= 4 is 11.6 Å². The first-order valence-corrected chi connectivity index (χ1v) is 8.38. The van der Waals surface area contributed by atoms with Gasteiger partial charge in [0.2, 0.25) is 5.91 Å². The minimum atomic E-state index is 0.138. The highest BCUT2D eigenvalue weighted by Gasteiger charge is 2.21. The summed E-state index contributed by atoms with van der Waals surface area (Å²) in [6.07, 6.45) is 1.84. The summed E-state index contributed by atoms with van der Waals surface area (Å²) in [5.41, 5.74) is 2.04. The van der Waals surface area contributed by atoms with Crippen LogP contribution < -0.4 is 4.90 Å². The molecule has 1 amide bonds.